The topological polar surface area (TPSA) is 109 Å². The second kappa shape index (κ2) is 7.77. The van der Waals surface area contributed by atoms with Gasteiger partial charge in [0.2, 0.25) is 11.8 Å². The van der Waals surface area contributed by atoms with Crippen molar-refractivity contribution < 1.29 is 9.84 Å². The molecule has 3 heterocycles. The summed E-state index contributed by atoms with van der Waals surface area (Å²) in [6.07, 6.45) is 7.79. The summed E-state index contributed by atoms with van der Waals surface area (Å²) in [4.78, 5) is 12.6. The summed E-state index contributed by atoms with van der Waals surface area (Å²) in [5.74, 6) is 1.07. The second-order valence-electron chi connectivity index (χ2n) is 8.28. The van der Waals surface area contributed by atoms with Gasteiger partial charge in [0.25, 0.3) is 0 Å². The number of H-pyrrole nitrogens is 1. The Hall–Kier alpha value is -3.26. The van der Waals surface area contributed by atoms with Crippen LogP contribution in [0.25, 0.3) is 33.1 Å². The van der Waals surface area contributed by atoms with E-state index >= 15 is 0 Å². The smallest absolute Gasteiger partial charge is 0.228 e. The van der Waals surface area contributed by atoms with Crippen LogP contribution >= 0.6 is 0 Å². The summed E-state index contributed by atoms with van der Waals surface area (Å²) in [6, 6.07) is 8.24. The Morgan fingerprint density at radius 1 is 1.23 bits per heavy atom. The number of methoxy groups -OCH3 is 1. The van der Waals surface area contributed by atoms with Crippen molar-refractivity contribution in [3.63, 3.8) is 0 Å². The third-order valence-electron chi connectivity index (χ3n) is 6.42. The van der Waals surface area contributed by atoms with Gasteiger partial charge in [0.05, 0.1) is 29.8 Å². The van der Waals surface area contributed by atoms with E-state index in [2.05, 4.69) is 31.5 Å². The van der Waals surface area contributed by atoms with Gasteiger partial charge < -0.3 is 20.1 Å². The maximum absolute atomic E-state index is 10.5. The van der Waals surface area contributed by atoms with Crippen LogP contribution in [0.2, 0.25) is 0 Å². The minimum Gasteiger partial charge on any atom is -0.480 e. The highest BCUT2D eigenvalue weighted by Crippen LogP contribution is 2.36. The molecule has 1 aliphatic rings. The van der Waals surface area contributed by atoms with Gasteiger partial charge in [0, 0.05) is 23.2 Å². The van der Waals surface area contributed by atoms with Crippen molar-refractivity contribution in [1.82, 2.24) is 25.1 Å². The summed E-state index contributed by atoms with van der Waals surface area (Å²) in [7, 11) is 1.63. The Labute approximate surface area is 180 Å². The van der Waals surface area contributed by atoms with Crippen LogP contribution in [0.15, 0.2) is 36.7 Å². The van der Waals surface area contributed by atoms with E-state index in [0.29, 0.717) is 11.8 Å². The zero-order chi connectivity index (χ0) is 21.4. The van der Waals surface area contributed by atoms with Crippen molar-refractivity contribution in [2.24, 2.45) is 0 Å². The zero-order valence-electron chi connectivity index (χ0n) is 17.7. The molecule has 0 radical (unpaired) electrons. The highest BCUT2D eigenvalue weighted by Gasteiger charge is 2.31. The number of hydrogen-bond donors (Lipinski definition) is 3. The molecule has 8 nitrogen and oxygen atoms in total. The molecule has 0 saturated heterocycles. The van der Waals surface area contributed by atoms with E-state index < -0.39 is 5.60 Å². The molecular weight excluding hydrogens is 392 g/mol. The van der Waals surface area contributed by atoms with Crippen molar-refractivity contribution in [1.29, 1.82) is 0 Å². The highest BCUT2D eigenvalue weighted by atomic mass is 16.5. The maximum Gasteiger partial charge on any atom is 0.228 e. The Morgan fingerprint density at radius 3 is 2.84 bits per heavy atom. The van der Waals surface area contributed by atoms with Gasteiger partial charge in [-0.3, -0.25) is 0 Å². The van der Waals surface area contributed by atoms with Gasteiger partial charge in [-0.15, -0.1) is 0 Å². The molecule has 1 aliphatic carbocycles. The standard InChI is InChI=1S/C23H26N6O2/c1-3-23(30)9-6-16(7-10-23)26-22-27-20-19(21(28-22)31-2)17(13-24-20)14-4-5-18-15(12-14)8-11-25-29-18/h4-5,8,11-13,16,30H,3,6-7,9-10H2,1-2H3,(H2,24,26,27,28). The van der Waals surface area contributed by atoms with E-state index in [0.717, 1.165) is 65.2 Å². The third-order valence-corrected chi connectivity index (χ3v) is 6.42. The number of anilines is 1. The van der Waals surface area contributed by atoms with E-state index in [-0.39, 0.29) is 6.04 Å². The molecule has 4 aromatic rings. The number of nitrogens with one attached hydrogen (secondary N) is 2. The lowest BCUT2D eigenvalue weighted by Crippen LogP contribution is -2.38. The number of aliphatic hydroxyl groups is 1. The summed E-state index contributed by atoms with van der Waals surface area (Å²) in [5, 5.41) is 23.9. The number of aromatic nitrogens is 5. The number of aromatic amines is 1. The molecular formula is C23H26N6O2. The summed E-state index contributed by atoms with van der Waals surface area (Å²) < 4.78 is 5.64. The highest BCUT2D eigenvalue weighted by molar-refractivity contribution is 5.99. The summed E-state index contributed by atoms with van der Waals surface area (Å²) in [6.45, 7) is 2.04. The van der Waals surface area contributed by atoms with Crippen LogP contribution in [-0.4, -0.2) is 49.0 Å². The second-order valence-corrected chi connectivity index (χ2v) is 8.28. The minimum atomic E-state index is -0.527. The van der Waals surface area contributed by atoms with Gasteiger partial charge in [-0.2, -0.15) is 20.2 Å². The Balaban J connectivity index is 1.46. The van der Waals surface area contributed by atoms with Gasteiger partial charge in [0.1, 0.15) is 5.65 Å². The number of hydrogen-bond acceptors (Lipinski definition) is 7. The number of ether oxygens (including phenoxy) is 1. The average molecular weight is 419 g/mol. The molecule has 1 saturated carbocycles. The first-order valence-electron chi connectivity index (χ1n) is 10.7. The molecule has 0 atom stereocenters. The van der Waals surface area contributed by atoms with E-state index in [9.17, 15) is 5.11 Å². The lowest BCUT2D eigenvalue weighted by molar-refractivity contribution is -0.00198. The quantitative estimate of drug-likeness (QED) is 0.448. The van der Waals surface area contributed by atoms with Crippen LogP contribution in [0, 0.1) is 0 Å². The first-order valence-corrected chi connectivity index (χ1v) is 10.7. The zero-order valence-corrected chi connectivity index (χ0v) is 17.7. The van der Waals surface area contributed by atoms with Crippen LogP contribution in [0.5, 0.6) is 5.88 Å². The fourth-order valence-electron chi connectivity index (χ4n) is 4.43. The Kier molecular flexibility index (Phi) is 4.94. The first-order chi connectivity index (χ1) is 15.1. The lowest BCUT2D eigenvalue weighted by atomic mass is 9.80. The molecule has 0 unspecified atom stereocenters. The monoisotopic (exact) mass is 418 g/mol. The Morgan fingerprint density at radius 2 is 2.06 bits per heavy atom. The van der Waals surface area contributed by atoms with Gasteiger partial charge in [-0.25, -0.2) is 0 Å². The molecule has 5 rings (SSSR count). The van der Waals surface area contributed by atoms with Crippen LogP contribution < -0.4 is 10.1 Å². The van der Waals surface area contributed by atoms with E-state index in [1.165, 1.54) is 0 Å². The number of nitrogens with zero attached hydrogens (tertiary/aromatic N) is 4. The number of benzene rings is 1. The van der Waals surface area contributed by atoms with E-state index in [4.69, 9.17) is 9.72 Å². The van der Waals surface area contributed by atoms with Crippen LogP contribution in [-0.2, 0) is 0 Å². The van der Waals surface area contributed by atoms with Crippen molar-refractivity contribution in [3.05, 3.63) is 36.7 Å². The molecule has 0 bridgehead atoms. The molecule has 31 heavy (non-hydrogen) atoms. The predicted molar refractivity (Wildman–Crippen MR) is 120 cm³/mol. The fourth-order valence-corrected chi connectivity index (χ4v) is 4.43. The molecule has 3 N–H and O–H groups in total. The van der Waals surface area contributed by atoms with Crippen LogP contribution in [0.1, 0.15) is 39.0 Å². The van der Waals surface area contributed by atoms with Crippen molar-refractivity contribution >= 4 is 27.9 Å². The van der Waals surface area contributed by atoms with Gasteiger partial charge in [-0.1, -0.05) is 13.0 Å². The fraction of sp³-hybridized carbons (Fsp3) is 0.391. The SMILES string of the molecule is CCC1(O)CCC(Nc2nc(OC)c3c(-c4ccc5nnccc5c4)c[nH]c3n2)CC1. The predicted octanol–water partition coefficient (Wildman–Crippen LogP) is 4.07. The largest absolute Gasteiger partial charge is 0.480 e. The van der Waals surface area contributed by atoms with Crippen molar-refractivity contribution in [2.75, 3.05) is 12.4 Å². The number of fused-ring (bicyclic) bond motifs is 2. The van der Waals surface area contributed by atoms with E-state index in [1.807, 2.05) is 31.3 Å². The normalized spacial score (nSPS) is 21.5. The minimum absolute atomic E-state index is 0.241. The maximum atomic E-state index is 10.5. The molecule has 0 aliphatic heterocycles. The van der Waals surface area contributed by atoms with Crippen molar-refractivity contribution in [3.8, 4) is 17.0 Å². The first kappa shape index (κ1) is 19.7. The number of rotatable bonds is 5. The Bertz CT molecular complexity index is 1230. The molecule has 1 fully saturated rings. The lowest BCUT2D eigenvalue weighted by Gasteiger charge is -2.35. The van der Waals surface area contributed by atoms with Gasteiger partial charge in [-0.05, 0) is 55.9 Å². The molecule has 160 valence electrons. The molecule has 0 spiro atoms. The molecule has 1 aromatic carbocycles. The third kappa shape index (κ3) is 3.67. The van der Waals surface area contributed by atoms with Gasteiger partial charge >= 0.3 is 0 Å². The molecule has 8 heteroatoms. The van der Waals surface area contributed by atoms with Crippen LogP contribution in [0.3, 0.4) is 0 Å². The van der Waals surface area contributed by atoms with E-state index in [1.54, 1.807) is 13.3 Å². The summed E-state index contributed by atoms with van der Waals surface area (Å²) >= 11 is 0. The summed E-state index contributed by atoms with van der Waals surface area (Å²) in [5.41, 5.74) is 3.05. The molecule has 0 amide bonds. The van der Waals surface area contributed by atoms with Gasteiger partial charge in [0.15, 0.2) is 0 Å². The van der Waals surface area contributed by atoms with Crippen LogP contribution in [0.4, 0.5) is 5.95 Å². The van der Waals surface area contributed by atoms with Crippen molar-refractivity contribution in [2.45, 2.75) is 50.7 Å². The molecule has 3 aromatic heterocycles. The average Bonchev–Trinajstić information content (AvgIpc) is 3.24.